The standard InChI is InChI=1S/C19H29N3O5S/c1-28(24,25)18-8-6-16(7-9-18)26-14-2-4-15(5-3-14)27-17-10-12-22(13-11-17)19(20)21-23/h6-9,14-15,17,23H,2-5,10-13H2,1H3,(H2,20,21). The van der Waals surface area contributed by atoms with Crippen LogP contribution in [0.1, 0.15) is 38.5 Å². The number of piperidine rings is 1. The molecule has 1 saturated carbocycles. The molecule has 28 heavy (non-hydrogen) atoms. The maximum absolute atomic E-state index is 11.5. The molecule has 156 valence electrons. The van der Waals surface area contributed by atoms with Crippen LogP contribution < -0.4 is 10.2 Å². The van der Waals surface area contributed by atoms with Crippen LogP contribution in [-0.2, 0) is 14.6 Å². The summed E-state index contributed by atoms with van der Waals surface area (Å²) in [7, 11) is -3.19. The first kappa shape index (κ1) is 20.9. The van der Waals surface area contributed by atoms with E-state index in [0.29, 0.717) is 23.7 Å². The first-order valence-corrected chi connectivity index (χ1v) is 11.6. The summed E-state index contributed by atoms with van der Waals surface area (Å²) >= 11 is 0. The summed E-state index contributed by atoms with van der Waals surface area (Å²) in [5.74, 6) is 0.741. The second-order valence-electron chi connectivity index (χ2n) is 7.54. The molecule has 2 fully saturated rings. The van der Waals surface area contributed by atoms with E-state index in [1.165, 1.54) is 6.26 Å². The molecule has 2 aliphatic rings. The molecule has 1 saturated heterocycles. The quantitative estimate of drug-likeness (QED) is 0.387. The highest BCUT2D eigenvalue weighted by molar-refractivity contribution is 7.90. The van der Waals surface area contributed by atoms with Crippen LogP contribution in [0.25, 0.3) is 0 Å². The number of nitrogens with one attached hydrogen (secondary N) is 2. The molecule has 1 aromatic carbocycles. The fourth-order valence-electron chi connectivity index (χ4n) is 3.80. The molecule has 9 heteroatoms. The van der Waals surface area contributed by atoms with Gasteiger partial charge in [-0.15, -0.1) is 0 Å². The average molecular weight is 412 g/mol. The Morgan fingerprint density at radius 3 is 2.11 bits per heavy atom. The van der Waals surface area contributed by atoms with E-state index in [9.17, 15) is 8.42 Å². The molecule has 3 rings (SSSR count). The van der Waals surface area contributed by atoms with Gasteiger partial charge in [-0.25, -0.2) is 13.9 Å². The van der Waals surface area contributed by atoms with E-state index in [-0.39, 0.29) is 24.3 Å². The number of benzene rings is 1. The van der Waals surface area contributed by atoms with Crippen LogP contribution in [0.2, 0.25) is 0 Å². The van der Waals surface area contributed by atoms with Crippen molar-refractivity contribution in [2.24, 2.45) is 0 Å². The lowest BCUT2D eigenvalue weighted by Crippen LogP contribution is -2.46. The second-order valence-corrected chi connectivity index (χ2v) is 9.56. The summed E-state index contributed by atoms with van der Waals surface area (Å²) < 4.78 is 35.3. The number of hydrogen-bond donors (Lipinski definition) is 3. The first-order chi connectivity index (χ1) is 13.3. The average Bonchev–Trinajstić information content (AvgIpc) is 2.69. The number of sulfone groups is 1. The summed E-state index contributed by atoms with van der Waals surface area (Å²) in [6, 6.07) is 6.59. The number of likely N-dealkylation sites (tertiary alicyclic amines) is 1. The largest absolute Gasteiger partial charge is 0.490 e. The van der Waals surface area contributed by atoms with Gasteiger partial charge < -0.3 is 14.4 Å². The van der Waals surface area contributed by atoms with E-state index >= 15 is 0 Å². The van der Waals surface area contributed by atoms with Crippen molar-refractivity contribution in [1.82, 2.24) is 10.4 Å². The molecular weight excluding hydrogens is 382 g/mol. The van der Waals surface area contributed by atoms with Crippen molar-refractivity contribution in [1.29, 1.82) is 5.41 Å². The number of guanidine groups is 1. The van der Waals surface area contributed by atoms with Gasteiger partial charge in [0.05, 0.1) is 23.2 Å². The minimum Gasteiger partial charge on any atom is -0.490 e. The predicted molar refractivity (Wildman–Crippen MR) is 105 cm³/mol. The third kappa shape index (κ3) is 5.59. The van der Waals surface area contributed by atoms with Crippen molar-refractivity contribution in [2.45, 2.75) is 61.7 Å². The minimum atomic E-state index is -3.19. The molecule has 0 spiro atoms. The summed E-state index contributed by atoms with van der Waals surface area (Å²) in [5, 5.41) is 16.4. The Morgan fingerprint density at radius 2 is 1.57 bits per heavy atom. The summed E-state index contributed by atoms with van der Waals surface area (Å²) in [5.41, 5.74) is 1.89. The van der Waals surface area contributed by atoms with E-state index in [4.69, 9.17) is 20.1 Å². The Balaban J connectivity index is 1.40. The number of hydrogen-bond acceptors (Lipinski definition) is 6. The number of ether oxygens (including phenoxy) is 2. The molecule has 0 radical (unpaired) electrons. The lowest BCUT2D eigenvalue weighted by atomic mass is 9.94. The van der Waals surface area contributed by atoms with Crippen molar-refractivity contribution >= 4 is 15.8 Å². The van der Waals surface area contributed by atoms with Crippen LogP contribution >= 0.6 is 0 Å². The van der Waals surface area contributed by atoms with Gasteiger partial charge in [0.1, 0.15) is 5.75 Å². The maximum atomic E-state index is 11.5. The fourth-order valence-corrected chi connectivity index (χ4v) is 4.43. The van der Waals surface area contributed by atoms with Gasteiger partial charge in [-0.3, -0.25) is 10.6 Å². The third-order valence-corrected chi connectivity index (χ3v) is 6.55. The second kappa shape index (κ2) is 9.11. The van der Waals surface area contributed by atoms with E-state index in [1.807, 2.05) is 5.48 Å². The SMILES string of the molecule is CS(=O)(=O)c1ccc(OC2CCC(OC3CCN(C(=N)NO)CC3)CC2)cc1. The molecule has 1 aliphatic heterocycles. The van der Waals surface area contributed by atoms with Crippen LogP contribution in [0.5, 0.6) is 5.75 Å². The molecule has 1 aromatic rings. The molecule has 0 aromatic heterocycles. The molecule has 0 atom stereocenters. The van der Waals surface area contributed by atoms with Crippen LogP contribution in [0.4, 0.5) is 0 Å². The van der Waals surface area contributed by atoms with E-state index in [1.54, 1.807) is 29.2 Å². The molecule has 1 aliphatic carbocycles. The zero-order valence-electron chi connectivity index (χ0n) is 16.1. The first-order valence-electron chi connectivity index (χ1n) is 9.71. The zero-order valence-corrected chi connectivity index (χ0v) is 17.0. The van der Waals surface area contributed by atoms with E-state index in [0.717, 1.165) is 38.5 Å². The van der Waals surface area contributed by atoms with Gasteiger partial charge in [0.15, 0.2) is 9.84 Å². The summed E-state index contributed by atoms with van der Waals surface area (Å²) in [6.45, 7) is 1.41. The third-order valence-electron chi connectivity index (χ3n) is 5.42. The molecule has 1 heterocycles. The highest BCUT2D eigenvalue weighted by Crippen LogP contribution is 2.28. The molecule has 3 N–H and O–H groups in total. The fraction of sp³-hybridized carbons (Fsp3) is 0.632. The van der Waals surface area contributed by atoms with Crippen LogP contribution in [0.3, 0.4) is 0 Å². The molecular formula is C19H29N3O5S. The molecule has 0 bridgehead atoms. The Morgan fingerprint density at radius 1 is 1.04 bits per heavy atom. The van der Waals surface area contributed by atoms with Crippen LogP contribution in [0, 0.1) is 5.41 Å². The monoisotopic (exact) mass is 411 g/mol. The van der Waals surface area contributed by atoms with Crippen LogP contribution in [-0.4, -0.2) is 62.1 Å². The number of rotatable bonds is 5. The van der Waals surface area contributed by atoms with Gasteiger partial charge in [0.25, 0.3) is 0 Å². The zero-order chi connectivity index (χ0) is 20.1. The Kier molecular flexibility index (Phi) is 6.79. The van der Waals surface area contributed by atoms with Crippen molar-refractivity contribution < 1.29 is 23.1 Å². The smallest absolute Gasteiger partial charge is 0.215 e. The topological polar surface area (TPSA) is 112 Å². The Bertz CT molecular complexity index is 752. The summed E-state index contributed by atoms with van der Waals surface area (Å²) in [6.07, 6.45) is 7.19. The van der Waals surface area contributed by atoms with Gasteiger partial charge in [-0.2, -0.15) is 0 Å². The van der Waals surface area contributed by atoms with Gasteiger partial charge in [-0.05, 0) is 62.8 Å². The highest BCUT2D eigenvalue weighted by atomic mass is 32.2. The number of hydroxylamine groups is 1. The Hall–Kier alpha value is -1.84. The van der Waals surface area contributed by atoms with E-state index in [2.05, 4.69) is 0 Å². The molecule has 0 unspecified atom stereocenters. The maximum Gasteiger partial charge on any atom is 0.215 e. The molecule has 0 amide bonds. The lowest BCUT2D eigenvalue weighted by molar-refractivity contribution is -0.0619. The van der Waals surface area contributed by atoms with Gasteiger partial charge in [-0.1, -0.05) is 0 Å². The van der Waals surface area contributed by atoms with Gasteiger partial charge in [0.2, 0.25) is 5.96 Å². The number of nitrogens with zero attached hydrogens (tertiary/aromatic N) is 1. The molecule has 8 nitrogen and oxygen atoms in total. The van der Waals surface area contributed by atoms with Gasteiger partial charge in [0, 0.05) is 19.3 Å². The Labute approximate surface area is 166 Å². The predicted octanol–water partition coefficient (Wildman–Crippen LogP) is 2.17. The lowest BCUT2D eigenvalue weighted by Gasteiger charge is -2.36. The van der Waals surface area contributed by atoms with Gasteiger partial charge >= 0.3 is 0 Å². The van der Waals surface area contributed by atoms with Crippen molar-refractivity contribution in [3.05, 3.63) is 24.3 Å². The van der Waals surface area contributed by atoms with Crippen molar-refractivity contribution in [3.63, 3.8) is 0 Å². The summed E-state index contributed by atoms with van der Waals surface area (Å²) in [4.78, 5) is 2.10. The van der Waals surface area contributed by atoms with Crippen molar-refractivity contribution in [3.8, 4) is 5.75 Å². The van der Waals surface area contributed by atoms with Crippen LogP contribution in [0.15, 0.2) is 29.2 Å². The minimum absolute atomic E-state index is 0.0423. The highest BCUT2D eigenvalue weighted by Gasteiger charge is 2.28. The normalized spacial score (nSPS) is 24.0. The van der Waals surface area contributed by atoms with E-state index < -0.39 is 9.84 Å². The van der Waals surface area contributed by atoms with Crippen molar-refractivity contribution in [2.75, 3.05) is 19.3 Å².